The Bertz CT molecular complexity index is 572. The average Bonchev–Trinajstić information content (AvgIpc) is 3.11. The van der Waals surface area contributed by atoms with Crippen LogP contribution in [0.1, 0.15) is 45.1 Å². The van der Waals surface area contributed by atoms with Gasteiger partial charge >= 0.3 is 6.03 Å². The lowest BCUT2D eigenvalue weighted by Gasteiger charge is -2.37. The molecule has 6 nitrogen and oxygen atoms in total. The molecule has 2 amide bonds. The van der Waals surface area contributed by atoms with Gasteiger partial charge in [-0.05, 0) is 55.9 Å². The van der Waals surface area contributed by atoms with Crippen molar-refractivity contribution in [1.29, 1.82) is 0 Å². The third-order valence-electron chi connectivity index (χ3n) is 6.01. The Morgan fingerprint density at radius 1 is 1.28 bits per heavy atom. The van der Waals surface area contributed by atoms with Crippen LogP contribution in [0.15, 0.2) is 18.5 Å². The minimum atomic E-state index is 0.0994. The van der Waals surface area contributed by atoms with E-state index in [1.165, 1.54) is 12.8 Å². The second-order valence-electron chi connectivity index (χ2n) is 8.00. The summed E-state index contributed by atoms with van der Waals surface area (Å²) < 4.78 is 8.41. The molecule has 0 bridgehead atoms. The minimum Gasteiger partial charge on any atom is -0.376 e. The number of fused-ring (bicyclic) bond motifs is 1. The lowest BCUT2D eigenvalue weighted by Crippen LogP contribution is -2.39. The molecule has 2 aliphatic carbocycles. The zero-order valence-corrected chi connectivity index (χ0v) is 15.1. The van der Waals surface area contributed by atoms with Crippen LogP contribution >= 0.6 is 0 Å². The highest BCUT2D eigenvalue weighted by Crippen LogP contribution is 2.43. The van der Waals surface area contributed by atoms with Crippen LogP contribution in [0.2, 0.25) is 0 Å². The van der Waals surface area contributed by atoms with Crippen molar-refractivity contribution in [2.24, 2.45) is 17.8 Å². The zero-order valence-electron chi connectivity index (χ0n) is 15.1. The molecule has 3 aliphatic rings. The first kappa shape index (κ1) is 16.9. The van der Waals surface area contributed by atoms with Crippen molar-refractivity contribution in [3.05, 3.63) is 18.5 Å². The molecule has 2 heterocycles. The van der Waals surface area contributed by atoms with Crippen molar-refractivity contribution in [3.8, 4) is 0 Å². The van der Waals surface area contributed by atoms with Gasteiger partial charge in [0.2, 0.25) is 0 Å². The van der Waals surface area contributed by atoms with E-state index in [0.29, 0.717) is 17.9 Å². The lowest BCUT2D eigenvalue weighted by molar-refractivity contribution is -0.0371. The van der Waals surface area contributed by atoms with Gasteiger partial charge in [-0.1, -0.05) is 6.92 Å². The van der Waals surface area contributed by atoms with Gasteiger partial charge in [0.05, 0.1) is 12.1 Å². The lowest BCUT2D eigenvalue weighted by atomic mass is 9.77. The monoisotopic (exact) mass is 346 g/mol. The van der Waals surface area contributed by atoms with E-state index in [1.807, 2.05) is 17.2 Å². The van der Waals surface area contributed by atoms with Gasteiger partial charge in [-0.15, -0.1) is 0 Å². The molecular formula is C19H30N4O2. The molecule has 0 aromatic carbocycles. The summed E-state index contributed by atoms with van der Waals surface area (Å²) in [7, 11) is 0. The number of carbonyl (C=O) groups is 1. The number of nitrogens with zero attached hydrogens (tertiary/aromatic N) is 3. The van der Waals surface area contributed by atoms with Gasteiger partial charge in [-0.2, -0.15) is 5.10 Å². The largest absolute Gasteiger partial charge is 0.376 e. The number of urea groups is 1. The van der Waals surface area contributed by atoms with Gasteiger partial charge in [0, 0.05) is 38.6 Å². The van der Waals surface area contributed by atoms with E-state index < -0.39 is 0 Å². The second kappa shape index (κ2) is 7.36. The highest BCUT2D eigenvalue weighted by atomic mass is 16.5. The molecule has 25 heavy (non-hydrogen) atoms. The molecule has 1 aromatic heterocycles. The van der Waals surface area contributed by atoms with Gasteiger partial charge in [0.25, 0.3) is 0 Å². The number of carbonyl (C=O) groups excluding carboxylic acids is 1. The maximum absolute atomic E-state index is 12.3. The summed E-state index contributed by atoms with van der Waals surface area (Å²) in [5.74, 6) is 1.89. The molecular weight excluding hydrogens is 316 g/mol. The molecule has 6 heteroatoms. The van der Waals surface area contributed by atoms with Crippen molar-refractivity contribution < 1.29 is 9.53 Å². The average molecular weight is 346 g/mol. The Balaban J connectivity index is 1.42. The quantitative estimate of drug-likeness (QED) is 0.861. The van der Waals surface area contributed by atoms with Crippen LogP contribution in [0.4, 0.5) is 4.79 Å². The standard InChI is InChI=1S/C19H30N4O2/c1-2-6-20-19(24)22-11-15-9-17(23-8-3-7-21-23)18(10-16(15)12-22)25-13-14-4-5-14/h3,7-8,14-18H,2,4-6,9-13H2,1H3,(H,20,24)/t15-,16+,17-,18-/m0/s1. The predicted octanol–water partition coefficient (Wildman–Crippen LogP) is 2.68. The van der Waals surface area contributed by atoms with Crippen LogP contribution in [0.3, 0.4) is 0 Å². The highest BCUT2D eigenvalue weighted by molar-refractivity contribution is 5.74. The van der Waals surface area contributed by atoms with E-state index in [1.54, 1.807) is 0 Å². The summed E-state index contributed by atoms with van der Waals surface area (Å²) in [4.78, 5) is 14.3. The SMILES string of the molecule is CCCNC(=O)N1C[C@H]2C[C@H](OCC3CC3)[C@@H](n3cccn3)C[C@H]2C1. The molecule has 0 radical (unpaired) electrons. The molecule has 1 aromatic rings. The fourth-order valence-electron chi connectivity index (χ4n) is 4.38. The Morgan fingerprint density at radius 2 is 2.08 bits per heavy atom. The topological polar surface area (TPSA) is 59.4 Å². The van der Waals surface area contributed by atoms with Crippen molar-refractivity contribution >= 4 is 6.03 Å². The number of likely N-dealkylation sites (tertiary alicyclic amines) is 1. The first-order chi connectivity index (χ1) is 12.2. The van der Waals surface area contributed by atoms with Crippen LogP contribution in [-0.2, 0) is 4.74 Å². The summed E-state index contributed by atoms with van der Waals surface area (Å²) in [5, 5.41) is 7.51. The maximum atomic E-state index is 12.3. The Morgan fingerprint density at radius 3 is 2.76 bits per heavy atom. The molecule has 0 spiro atoms. The van der Waals surface area contributed by atoms with Gasteiger partial charge in [0.1, 0.15) is 0 Å². The fraction of sp³-hybridized carbons (Fsp3) is 0.789. The molecule has 2 saturated carbocycles. The van der Waals surface area contributed by atoms with E-state index in [2.05, 4.69) is 28.2 Å². The summed E-state index contributed by atoms with van der Waals surface area (Å²) in [5.41, 5.74) is 0. The van der Waals surface area contributed by atoms with Gasteiger partial charge in [-0.3, -0.25) is 4.68 Å². The Kier molecular flexibility index (Phi) is 4.97. The summed E-state index contributed by atoms with van der Waals surface area (Å²) in [6.07, 6.45) is 9.83. The number of nitrogens with one attached hydrogen (secondary N) is 1. The predicted molar refractivity (Wildman–Crippen MR) is 95.2 cm³/mol. The molecule has 3 fully saturated rings. The van der Waals surface area contributed by atoms with Crippen LogP contribution in [-0.4, -0.2) is 53.1 Å². The third-order valence-corrected chi connectivity index (χ3v) is 6.01. The van der Waals surface area contributed by atoms with Crippen LogP contribution in [0.25, 0.3) is 0 Å². The molecule has 1 aliphatic heterocycles. The van der Waals surface area contributed by atoms with Crippen LogP contribution in [0.5, 0.6) is 0 Å². The van der Waals surface area contributed by atoms with Gasteiger partial charge in [0.15, 0.2) is 0 Å². The van der Waals surface area contributed by atoms with E-state index in [4.69, 9.17) is 4.74 Å². The van der Waals surface area contributed by atoms with Crippen LogP contribution < -0.4 is 5.32 Å². The summed E-state index contributed by atoms with van der Waals surface area (Å²) >= 11 is 0. The van der Waals surface area contributed by atoms with Crippen molar-refractivity contribution in [2.45, 2.75) is 51.2 Å². The summed E-state index contributed by atoms with van der Waals surface area (Å²) in [6, 6.07) is 2.39. The van der Waals surface area contributed by atoms with E-state index in [-0.39, 0.29) is 12.1 Å². The highest BCUT2D eigenvalue weighted by Gasteiger charge is 2.45. The number of amides is 2. The number of hydrogen-bond donors (Lipinski definition) is 1. The van der Waals surface area contributed by atoms with Crippen molar-refractivity contribution in [1.82, 2.24) is 20.0 Å². The van der Waals surface area contributed by atoms with Crippen molar-refractivity contribution in [3.63, 3.8) is 0 Å². The normalized spacial score (nSPS) is 31.8. The second-order valence-corrected chi connectivity index (χ2v) is 8.00. The molecule has 1 N–H and O–H groups in total. The molecule has 138 valence electrons. The molecule has 4 atom stereocenters. The molecule has 0 unspecified atom stereocenters. The van der Waals surface area contributed by atoms with Crippen LogP contribution in [0, 0.1) is 17.8 Å². The molecule has 1 saturated heterocycles. The zero-order chi connectivity index (χ0) is 17.2. The van der Waals surface area contributed by atoms with Gasteiger partial charge in [-0.25, -0.2) is 4.79 Å². The first-order valence-corrected chi connectivity index (χ1v) is 9.88. The van der Waals surface area contributed by atoms with Crippen molar-refractivity contribution in [2.75, 3.05) is 26.2 Å². The number of hydrogen-bond acceptors (Lipinski definition) is 3. The maximum Gasteiger partial charge on any atom is 0.317 e. The minimum absolute atomic E-state index is 0.0994. The number of ether oxygens (including phenoxy) is 1. The Hall–Kier alpha value is -1.56. The smallest absolute Gasteiger partial charge is 0.317 e. The van der Waals surface area contributed by atoms with E-state index in [0.717, 1.165) is 51.4 Å². The Labute approximate surface area is 149 Å². The first-order valence-electron chi connectivity index (χ1n) is 9.88. The van der Waals surface area contributed by atoms with E-state index >= 15 is 0 Å². The third kappa shape index (κ3) is 3.84. The number of rotatable bonds is 6. The fourth-order valence-corrected chi connectivity index (χ4v) is 4.38. The molecule has 4 rings (SSSR count). The van der Waals surface area contributed by atoms with E-state index in [9.17, 15) is 4.79 Å². The summed E-state index contributed by atoms with van der Waals surface area (Å²) in [6.45, 7) is 5.47. The van der Waals surface area contributed by atoms with Gasteiger partial charge < -0.3 is 15.0 Å². The number of aromatic nitrogens is 2.